The van der Waals surface area contributed by atoms with Crippen LogP contribution in [0.15, 0.2) is 35.1 Å². The zero-order valence-electron chi connectivity index (χ0n) is 17.1. The number of hydrogen-bond acceptors (Lipinski definition) is 5. The number of benzene rings is 1. The van der Waals surface area contributed by atoms with Crippen molar-refractivity contribution < 1.29 is 0 Å². The van der Waals surface area contributed by atoms with Crippen molar-refractivity contribution in [2.75, 3.05) is 31.1 Å². The molecule has 1 fully saturated rings. The fourth-order valence-electron chi connectivity index (χ4n) is 4.74. The van der Waals surface area contributed by atoms with Gasteiger partial charge in [-0.15, -0.1) is 11.3 Å². The highest BCUT2D eigenvalue weighted by Crippen LogP contribution is 2.36. The van der Waals surface area contributed by atoms with Crippen LogP contribution in [0.3, 0.4) is 0 Å². The van der Waals surface area contributed by atoms with Gasteiger partial charge in [-0.2, -0.15) is 0 Å². The van der Waals surface area contributed by atoms with E-state index in [2.05, 4.69) is 59.0 Å². The summed E-state index contributed by atoms with van der Waals surface area (Å²) in [4.78, 5) is 28.1. The first-order valence-electron chi connectivity index (χ1n) is 10.7. The van der Waals surface area contributed by atoms with Gasteiger partial charge < -0.3 is 9.88 Å². The minimum Gasteiger partial charge on any atom is -0.369 e. The third-order valence-corrected chi connectivity index (χ3v) is 7.71. The van der Waals surface area contributed by atoms with Gasteiger partial charge in [-0.05, 0) is 49.8 Å². The maximum atomic E-state index is 12.9. The van der Waals surface area contributed by atoms with Crippen molar-refractivity contribution in [1.29, 1.82) is 0 Å². The van der Waals surface area contributed by atoms with Crippen molar-refractivity contribution in [1.82, 2.24) is 14.9 Å². The zero-order chi connectivity index (χ0) is 20.0. The molecule has 5 rings (SSSR count). The third-order valence-electron chi connectivity index (χ3n) is 6.56. The summed E-state index contributed by atoms with van der Waals surface area (Å²) < 4.78 is 0. The van der Waals surface area contributed by atoms with E-state index < -0.39 is 0 Å². The first-order chi connectivity index (χ1) is 14.1. The molecular weight excluding hydrogens is 380 g/mol. The molecule has 152 valence electrons. The average Bonchev–Trinajstić information content (AvgIpc) is 3.11. The van der Waals surface area contributed by atoms with Crippen LogP contribution in [0.4, 0.5) is 5.69 Å². The molecule has 6 heteroatoms. The Morgan fingerprint density at radius 2 is 1.93 bits per heavy atom. The van der Waals surface area contributed by atoms with Crippen LogP contribution in [0, 0.1) is 5.92 Å². The fraction of sp³-hybridized carbons (Fsp3) is 0.478. The number of para-hydroxylation sites is 1. The number of aromatic nitrogens is 2. The predicted molar refractivity (Wildman–Crippen MR) is 120 cm³/mol. The summed E-state index contributed by atoms with van der Waals surface area (Å²) in [6.07, 6.45) is 3.27. The fourth-order valence-corrected chi connectivity index (χ4v) is 6.13. The van der Waals surface area contributed by atoms with Crippen molar-refractivity contribution in [3.8, 4) is 0 Å². The Labute approximate surface area is 175 Å². The molecule has 1 aliphatic heterocycles. The van der Waals surface area contributed by atoms with Crippen LogP contribution in [0.5, 0.6) is 0 Å². The van der Waals surface area contributed by atoms with Gasteiger partial charge >= 0.3 is 0 Å². The number of nitrogens with one attached hydrogen (secondary N) is 1. The predicted octanol–water partition coefficient (Wildman–Crippen LogP) is 3.99. The van der Waals surface area contributed by atoms with Crippen LogP contribution >= 0.6 is 11.3 Å². The lowest BCUT2D eigenvalue weighted by atomic mass is 9.89. The van der Waals surface area contributed by atoms with Gasteiger partial charge in [-0.1, -0.05) is 25.1 Å². The topological polar surface area (TPSA) is 52.2 Å². The number of nitrogens with zero attached hydrogens (tertiary/aromatic N) is 3. The van der Waals surface area contributed by atoms with Crippen LogP contribution in [0.2, 0.25) is 0 Å². The molecule has 2 aromatic heterocycles. The Morgan fingerprint density at radius 1 is 1.17 bits per heavy atom. The summed E-state index contributed by atoms with van der Waals surface area (Å²) >= 11 is 1.74. The van der Waals surface area contributed by atoms with Gasteiger partial charge in [0.2, 0.25) is 0 Å². The van der Waals surface area contributed by atoms with Crippen LogP contribution in [-0.4, -0.2) is 41.0 Å². The van der Waals surface area contributed by atoms with E-state index in [4.69, 9.17) is 4.98 Å². The van der Waals surface area contributed by atoms with Crippen molar-refractivity contribution in [3.05, 3.63) is 57.0 Å². The zero-order valence-corrected chi connectivity index (χ0v) is 18.0. The average molecular weight is 409 g/mol. The normalized spacial score (nSPS) is 21.3. The maximum absolute atomic E-state index is 12.9. The second-order valence-electron chi connectivity index (χ2n) is 8.52. The summed E-state index contributed by atoms with van der Waals surface area (Å²) in [7, 11) is 0. The second kappa shape index (κ2) is 7.58. The molecular formula is C23H28N4OS. The largest absolute Gasteiger partial charge is 0.369 e. The number of aryl methyl sites for hydroxylation is 1. The van der Waals surface area contributed by atoms with E-state index in [0.717, 1.165) is 55.1 Å². The second-order valence-corrected chi connectivity index (χ2v) is 9.60. The molecule has 29 heavy (non-hydrogen) atoms. The van der Waals surface area contributed by atoms with E-state index in [0.29, 0.717) is 5.92 Å². The molecule has 0 saturated carbocycles. The summed E-state index contributed by atoms with van der Waals surface area (Å²) in [6, 6.07) is 10.7. The quantitative estimate of drug-likeness (QED) is 0.712. The molecule has 0 spiro atoms. The van der Waals surface area contributed by atoms with Crippen LogP contribution in [0.25, 0.3) is 10.2 Å². The minimum atomic E-state index is 0.0480. The lowest BCUT2D eigenvalue weighted by Gasteiger charge is -2.38. The van der Waals surface area contributed by atoms with Gasteiger partial charge in [0, 0.05) is 36.7 Å². The number of anilines is 1. The summed E-state index contributed by atoms with van der Waals surface area (Å²) in [5.74, 6) is 1.51. The van der Waals surface area contributed by atoms with Crippen molar-refractivity contribution in [3.63, 3.8) is 0 Å². The van der Waals surface area contributed by atoms with Crippen molar-refractivity contribution in [2.24, 2.45) is 5.92 Å². The first kappa shape index (κ1) is 18.8. The van der Waals surface area contributed by atoms with E-state index in [1.165, 1.54) is 22.5 Å². The smallest absolute Gasteiger partial charge is 0.259 e. The summed E-state index contributed by atoms with van der Waals surface area (Å²) in [6.45, 7) is 8.38. The molecule has 3 heterocycles. The standard InChI is InChI=1S/C23H28N4OS/c1-15-8-9-18-19(14-15)29-23-20(18)22(28)24-21(25-23)16(2)26-10-12-27(13-11-26)17-6-4-3-5-7-17/h3-7,15-16H,8-14H2,1-2H3,(H,24,25,28)/t15-,16-/m0/s1. The van der Waals surface area contributed by atoms with E-state index in [1.807, 2.05) is 0 Å². The van der Waals surface area contributed by atoms with Crippen LogP contribution in [-0.2, 0) is 12.8 Å². The molecule has 1 saturated heterocycles. The van der Waals surface area contributed by atoms with Gasteiger partial charge in [0.25, 0.3) is 5.56 Å². The highest BCUT2D eigenvalue weighted by atomic mass is 32.1. The van der Waals surface area contributed by atoms with E-state index in [1.54, 1.807) is 11.3 Å². The number of H-pyrrole nitrogens is 1. The molecule has 1 aliphatic carbocycles. The van der Waals surface area contributed by atoms with Gasteiger partial charge in [0.05, 0.1) is 11.4 Å². The molecule has 1 aromatic carbocycles. The molecule has 3 aromatic rings. The van der Waals surface area contributed by atoms with E-state index in [-0.39, 0.29) is 11.6 Å². The molecule has 5 nitrogen and oxygen atoms in total. The molecule has 2 aliphatic rings. The maximum Gasteiger partial charge on any atom is 0.259 e. The lowest BCUT2D eigenvalue weighted by Crippen LogP contribution is -2.47. The number of aromatic amines is 1. The van der Waals surface area contributed by atoms with Crippen molar-refractivity contribution >= 4 is 27.2 Å². The van der Waals surface area contributed by atoms with E-state index in [9.17, 15) is 4.79 Å². The van der Waals surface area contributed by atoms with Crippen molar-refractivity contribution in [2.45, 2.75) is 39.2 Å². The highest BCUT2D eigenvalue weighted by Gasteiger charge is 2.27. The number of thiophene rings is 1. The first-order valence-corrected chi connectivity index (χ1v) is 11.5. The molecule has 0 radical (unpaired) electrons. The minimum absolute atomic E-state index is 0.0480. The van der Waals surface area contributed by atoms with Crippen LogP contribution < -0.4 is 10.5 Å². The molecule has 0 bridgehead atoms. The number of hydrogen-bond donors (Lipinski definition) is 1. The number of rotatable bonds is 3. The monoisotopic (exact) mass is 408 g/mol. The molecule has 2 atom stereocenters. The summed E-state index contributed by atoms with van der Waals surface area (Å²) in [5.41, 5.74) is 2.59. The molecule has 1 N–H and O–H groups in total. The van der Waals surface area contributed by atoms with E-state index >= 15 is 0 Å². The highest BCUT2D eigenvalue weighted by molar-refractivity contribution is 7.18. The Morgan fingerprint density at radius 3 is 2.69 bits per heavy atom. The number of piperazine rings is 1. The Hall–Kier alpha value is -2.18. The number of fused-ring (bicyclic) bond motifs is 3. The third kappa shape index (κ3) is 3.49. The Bertz CT molecular complexity index is 1070. The van der Waals surface area contributed by atoms with Gasteiger partial charge in [-0.3, -0.25) is 9.69 Å². The van der Waals surface area contributed by atoms with Gasteiger partial charge in [-0.25, -0.2) is 4.98 Å². The van der Waals surface area contributed by atoms with Crippen LogP contribution in [0.1, 0.15) is 42.6 Å². The Kier molecular flexibility index (Phi) is 4.92. The lowest BCUT2D eigenvalue weighted by molar-refractivity contribution is 0.192. The molecule has 0 unspecified atom stereocenters. The summed E-state index contributed by atoms with van der Waals surface area (Å²) in [5, 5.41) is 0.849. The van der Waals surface area contributed by atoms with Gasteiger partial charge in [0.1, 0.15) is 10.7 Å². The molecule has 0 amide bonds. The SMILES string of the molecule is C[C@H]1CCc2c(sc3nc([C@H](C)N4CCN(c5ccccc5)CC4)[nH]c(=O)c23)C1. The Balaban J connectivity index is 1.36. The van der Waals surface area contributed by atoms with Gasteiger partial charge in [0.15, 0.2) is 0 Å².